The van der Waals surface area contributed by atoms with Gasteiger partial charge in [-0.2, -0.15) is 5.10 Å². The molecule has 0 unspecified atom stereocenters. The number of carboxylic acid groups (broad SMARTS) is 1. The fourth-order valence-electron chi connectivity index (χ4n) is 2.69. The van der Waals surface area contributed by atoms with Crippen LogP contribution in [0.2, 0.25) is 0 Å². The zero-order chi connectivity index (χ0) is 20.5. The number of benzene rings is 1. The molecule has 2 aromatic heterocycles. The highest BCUT2D eigenvalue weighted by Gasteiger charge is 2.30. The van der Waals surface area contributed by atoms with Crippen molar-refractivity contribution in [2.45, 2.75) is 32.4 Å². The van der Waals surface area contributed by atoms with Crippen molar-refractivity contribution in [2.24, 2.45) is 0 Å². The zero-order valence-corrected chi connectivity index (χ0v) is 15.3. The lowest BCUT2D eigenvalue weighted by molar-refractivity contribution is -0.146. The van der Waals surface area contributed by atoms with Crippen LogP contribution in [0, 0.1) is 0 Å². The minimum absolute atomic E-state index is 0.0244. The van der Waals surface area contributed by atoms with Gasteiger partial charge in [-0.15, -0.1) is 0 Å². The maximum Gasteiger partial charge on any atom is 0.331 e. The second-order valence-corrected chi connectivity index (χ2v) is 6.76. The molecule has 0 fully saturated rings. The van der Waals surface area contributed by atoms with Crippen LogP contribution in [0.3, 0.4) is 0 Å². The molecule has 0 saturated heterocycles. The number of aromatic nitrogens is 4. The van der Waals surface area contributed by atoms with E-state index in [1.807, 2.05) is 0 Å². The molecule has 3 rings (SSSR count). The van der Waals surface area contributed by atoms with Crippen LogP contribution in [0.1, 0.15) is 20.3 Å². The molecule has 0 bridgehead atoms. The molecule has 0 atom stereocenters. The second kappa shape index (κ2) is 7.14. The molecular formula is C18H19N5O5. The second-order valence-electron chi connectivity index (χ2n) is 6.76. The number of para-hydroxylation sites is 1. The van der Waals surface area contributed by atoms with Gasteiger partial charge in [0.15, 0.2) is 5.54 Å². The lowest BCUT2D eigenvalue weighted by Gasteiger charge is -2.19. The number of anilines is 1. The van der Waals surface area contributed by atoms with Gasteiger partial charge < -0.3 is 10.4 Å². The molecule has 0 aliphatic rings. The van der Waals surface area contributed by atoms with Gasteiger partial charge in [0, 0.05) is 19.2 Å². The zero-order valence-electron chi connectivity index (χ0n) is 15.3. The van der Waals surface area contributed by atoms with Crippen molar-refractivity contribution in [2.75, 3.05) is 5.32 Å². The minimum atomic E-state index is -1.26. The average molecular weight is 385 g/mol. The molecular weight excluding hydrogens is 366 g/mol. The maximum atomic E-state index is 12.2. The molecule has 0 aliphatic carbocycles. The van der Waals surface area contributed by atoms with Crippen LogP contribution in [-0.4, -0.2) is 36.3 Å². The Kier molecular flexibility index (Phi) is 4.87. The third-order valence-corrected chi connectivity index (χ3v) is 4.43. The van der Waals surface area contributed by atoms with E-state index in [-0.39, 0.29) is 18.9 Å². The number of fused-ring (bicyclic) bond motifs is 1. The standard InChI is InChI=1S/C18H19N5O5/c1-18(2,16(26)27)23-10-11(9-19-23)20-14(24)7-8-22-13-6-4-3-5-12(13)15(25)21-17(22)28/h3-6,9-10H,7-8H2,1-2H3,(H,20,24)(H,26,27)(H,21,25,28). The van der Waals surface area contributed by atoms with Gasteiger partial charge in [0.05, 0.1) is 22.8 Å². The maximum absolute atomic E-state index is 12.2. The monoisotopic (exact) mass is 385 g/mol. The number of nitrogens with zero attached hydrogens (tertiary/aromatic N) is 3. The first-order valence-electron chi connectivity index (χ1n) is 8.50. The summed E-state index contributed by atoms with van der Waals surface area (Å²) in [6.07, 6.45) is 2.75. The largest absolute Gasteiger partial charge is 0.479 e. The van der Waals surface area contributed by atoms with Gasteiger partial charge in [0.2, 0.25) is 5.91 Å². The van der Waals surface area contributed by atoms with Gasteiger partial charge in [-0.1, -0.05) is 12.1 Å². The number of hydrogen-bond donors (Lipinski definition) is 3. The van der Waals surface area contributed by atoms with E-state index >= 15 is 0 Å². The number of aryl methyl sites for hydroxylation is 1. The van der Waals surface area contributed by atoms with Crippen molar-refractivity contribution >= 4 is 28.5 Å². The first kappa shape index (κ1) is 19.1. The number of hydrogen-bond acceptors (Lipinski definition) is 5. The number of aliphatic carboxylic acids is 1. The van der Waals surface area contributed by atoms with Crippen LogP contribution in [0.4, 0.5) is 5.69 Å². The van der Waals surface area contributed by atoms with E-state index in [1.165, 1.54) is 35.5 Å². The molecule has 1 aromatic carbocycles. The number of aromatic amines is 1. The predicted molar refractivity (Wildman–Crippen MR) is 101 cm³/mol. The third kappa shape index (κ3) is 3.56. The van der Waals surface area contributed by atoms with Crippen molar-refractivity contribution in [3.05, 3.63) is 57.5 Å². The number of carbonyl (C=O) groups excluding carboxylic acids is 1. The van der Waals surface area contributed by atoms with Crippen LogP contribution in [0.15, 0.2) is 46.2 Å². The van der Waals surface area contributed by atoms with E-state index in [1.54, 1.807) is 24.3 Å². The summed E-state index contributed by atoms with van der Waals surface area (Å²) >= 11 is 0. The summed E-state index contributed by atoms with van der Waals surface area (Å²) in [5.41, 5.74) is -1.54. The van der Waals surface area contributed by atoms with E-state index in [4.69, 9.17) is 0 Å². The lowest BCUT2D eigenvalue weighted by Crippen LogP contribution is -2.35. The summed E-state index contributed by atoms with van der Waals surface area (Å²) in [5.74, 6) is -1.44. The van der Waals surface area contributed by atoms with Crippen molar-refractivity contribution in [1.29, 1.82) is 0 Å². The normalized spacial score (nSPS) is 11.5. The Morgan fingerprint density at radius 1 is 1.25 bits per heavy atom. The van der Waals surface area contributed by atoms with Gasteiger partial charge in [-0.3, -0.25) is 23.8 Å². The fourth-order valence-corrected chi connectivity index (χ4v) is 2.69. The highest BCUT2D eigenvalue weighted by atomic mass is 16.4. The van der Waals surface area contributed by atoms with E-state index in [0.29, 0.717) is 16.6 Å². The molecule has 146 valence electrons. The Morgan fingerprint density at radius 2 is 1.96 bits per heavy atom. The summed E-state index contributed by atoms with van der Waals surface area (Å²) < 4.78 is 2.57. The molecule has 10 heteroatoms. The molecule has 0 aliphatic heterocycles. The van der Waals surface area contributed by atoms with E-state index in [2.05, 4.69) is 15.4 Å². The lowest BCUT2D eigenvalue weighted by atomic mass is 10.1. The number of carboxylic acids is 1. The molecule has 0 saturated carbocycles. The summed E-state index contributed by atoms with van der Waals surface area (Å²) in [5, 5.41) is 16.2. The number of amides is 1. The fraction of sp³-hybridized carbons (Fsp3) is 0.278. The Hall–Kier alpha value is -3.69. The number of nitrogens with one attached hydrogen (secondary N) is 2. The quantitative estimate of drug-likeness (QED) is 0.572. The number of rotatable bonds is 6. The van der Waals surface area contributed by atoms with Gasteiger partial charge in [-0.05, 0) is 26.0 Å². The smallest absolute Gasteiger partial charge is 0.331 e. The van der Waals surface area contributed by atoms with Gasteiger partial charge in [-0.25, -0.2) is 9.59 Å². The molecule has 3 N–H and O–H groups in total. The highest BCUT2D eigenvalue weighted by Crippen LogP contribution is 2.17. The van der Waals surface area contributed by atoms with Crippen LogP contribution < -0.4 is 16.6 Å². The summed E-state index contributed by atoms with van der Waals surface area (Å²) in [7, 11) is 0. The molecule has 10 nitrogen and oxygen atoms in total. The highest BCUT2D eigenvalue weighted by molar-refractivity contribution is 5.90. The van der Waals surface area contributed by atoms with Crippen LogP contribution in [-0.2, 0) is 21.7 Å². The number of H-pyrrole nitrogens is 1. The van der Waals surface area contributed by atoms with Gasteiger partial charge in [0.1, 0.15) is 0 Å². The Morgan fingerprint density at radius 3 is 2.68 bits per heavy atom. The van der Waals surface area contributed by atoms with E-state index in [9.17, 15) is 24.3 Å². The van der Waals surface area contributed by atoms with Crippen molar-refractivity contribution < 1.29 is 14.7 Å². The van der Waals surface area contributed by atoms with Crippen LogP contribution >= 0.6 is 0 Å². The Bertz CT molecular complexity index is 1170. The van der Waals surface area contributed by atoms with E-state index < -0.39 is 22.8 Å². The summed E-state index contributed by atoms with van der Waals surface area (Å²) in [6, 6.07) is 6.64. The molecule has 3 aromatic rings. The minimum Gasteiger partial charge on any atom is -0.479 e. The van der Waals surface area contributed by atoms with E-state index in [0.717, 1.165) is 0 Å². The molecule has 2 heterocycles. The van der Waals surface area contributed by atoms with Crippen molar-refractivity contribution in [3.63, 3.8) is 0 Å². The Balaban J connectivity index is 1.73. The van der Waals surface area contributed by atoms with Crippen LogP contribution in [0.5, 0.6) is 0 Å². The molecule has 28 heavy (non-hydrogen) atoms. The molecule has 0 spiro atoms. The average Bonchev–Trinajstić information content (AvgIpc) is 3.10. The van der Waals surface area contributed by atoms with Gasteiger partial charge in [0.25, 0.3) is 5.56 Å². The Labute approximate surface area is 158 Å². The first-order chi connectivity index (χ1) is 13.2. The number of carbonyl (C=O) groups is 2. The SMILES string of the molecule is CC(C)(C(=O)O)n1cc(NC(=O)CCn2c(=O)[nH]c(=O)c3ccccc32)cn1. The van der Waals surface area contributed by atoms with Crippen molar-refractivity contribution in [3.8, 4) is 0 Å². The molecule has 1 amide bonds. The topological polar surface area (TPSA) is 139 Å². The van der Waals surface area contributed by atoms with Crippen LogP contribution in [0.25, 0.3) is 10.9 Å². The third-order valence-electron chi connectivity index (χ3n) is 4.43. The van der Waals surface area contributed by atoms with Crippen molar-refractivity contribution in [1.82, 2.24) is 19.3 Å². The first-order valence-corrected chi connectivity index (χ1v) is 8.50. The molecule has 0 radical (unpaired) electrons. The predicted octanol–water partition coefficient (Wildman–Crippen LogP) is 0.735. The summed E-state index contributed by atoms with van der Waals surface area (Å²) in [4.78, 5) is 49.7. The summed E-state index contributed by atoms with van der Waals surface area (Å²) in [6.45, 7) is 3.04. The van der Waals surface area contributed by atoms with Gasteiger partial charge >= 0.3 is 11.7 Å².